The molecule has 0 radical (unpaired) electrons. The average molecular weight is 383 g/mol. The second-order valence-electron chi connectivity index (χ2n) is 7.18. The lowest BCUT2D eigenvalue weighted by atomic mass is 9.86. The molecule has 8 heteroatoms. The molecule has 2 fully saturated rings. The van der Waals surface area contributed by atoms with E-state index in [-0.39, 0.29) is 36.6 Å². The quantitative estimate of drug-likeness (QED) is 0.756. The largest absolute Gasteiger partial charge is 0.371 e. The molecule has 1 heterocycles. The van der Waals surface area contributed by atoms with Crippen molar-refractivity contribution in [1.29, 1.82) is 0 Å². The Bertz CT molecular complexity index is 757. The molecule has 1 aromatic carbocycles. The van der Waals surface area contributed by atoms with Gasteiger partial charge in [-0.3, -0.25) is 4.79 Å². The number of piperidine rings is 1. The number of benzene rings is 1. The first-order chi connectivity index (χ1) is 12.3. The molecule has 6 nitrogen and oxygen atoms in total. The summed E-state index contributed by atoms with van der Waals surface area (Å²) in [4.78, 5) is 12.9. The summed E-state index contributed by atoms with van der Waals surface area (Å²) in [5.74, 6) is -0.390. The van der Waals surface area contributed by atoms with Crippen molar-refractivity contribution >= 4 is 21.6 Å². The molecule has 2 aliphatic rings. The number of halogens is 1. The zero-order valence-electron chi connectivity index (χ0n) is 15.0. The standard InChI is InChI=1S/C18H26FN3O3S/c1-2-12-26(24,25)22-10-8-18(9-11-22,17(23)20-15-6-7-15)21-16-5-3-4-14(19)13-16/h3-5,13,15,21H,2,6-12H2,1H3,(H,20,23). The number of carbonyl (C=O) groups excluding carboxylic acids is 1. The van der Waals surface area contributed by atoms with E-state index in [9.17, 15) is 17.6 Å². The van der Waals surface area contributed by atoms with Crippen molar-refractivity contribution in [2.24, 2.45) is 0 Å². The minimum absolute atomic E-state index is 0.117. The van der Waals surface area contributed by atoms with Crippen LogP contribution in [0, 0.1) is 5.82 Å². The molecule has 0 atom stereocenters. The van der Waals surface area contributed by atoms with E-state index in [2.05, 4.69) is 10.6 Å². The van der Waals surface area contributed by atoms with Gasteiger partial charge in [0.15, 0.2) is 0 Å². The Morgan fingerprint density at radius 3 is 2.58 bits per heavy atom. The SMILES string of the molecule is CCCS(=O)(=O)N1CCC(Nc2cccc(F)c2)(C(=O)NC2CC2)CC1. The van der Waals surface area contributed by atoms with Crippen LogP contribution in [0.15, 0.2) is 24.3 Å². The summed E-state index contributed by atoms with van der Waals surface area (Å²) in [7, 11) is -3.29. The third-order valence-electron chi connectivity index (χ3n) is 4.99. The number of hydrogen-bond donors (Lipinski definition) is 2. The monoisotopic (exact) mass is 383 g/mol. The molecule has 1 aromatic rings. The number of nitrogens with one attached hydrogen (secondary N) is 2. The normalized spacial score (nSPS) is 20.5. The lowest BCUT2D eigenvalue weighted by Crippen LogP contribution is -2.59. The van der Waals surface area contributed by atoms with Gasteiger partial charge in [0.05, 0.1) is 5.75 Å². The highest BCUT2D eigenvalue weighted by Gasteiger charge is 2.45. The van der Waals surface area contributed by atoms with E-state index in [1.165, 1.54) is 16.4 Å². The summed E-state index contributed by atoms with van der Waals surface area (Å²) in [6, 6.07) is 6.21. The Kier molecular flexibility index (Phi) is 5.53. The summed E-state index contributed by atoms with van der Waals surface area (Å²) < 4.78 is 39.6. The third kappa shape index (κ3) is 4.35. The number of anilines is 1. The van der Waals surface area contributed by atoms with Gasteiger partial charge in [0.1, 0.15) is 11.4 Å². The zero-order valence-corrected chi connectivity index (χ0v) is 15.8. The molecular formula is C18H26FN3O3S. The van der Waals surface area contributed by atoms with Crippen molar-refractivity contribution in [1.82, 2.24) is 9.62 Å². The first-order valence-corrected chi connectivity index (χ1v) is 10.8. The molecule has 1 aliphatic heterocycles. The highest BCUT2D eigenvalue weighted by atomic mass is 32.2. The fraction of sp³-hybridized carbons (Fsp3) is 0.611. The number of hydrogen-bond acceptors (Lipinski definition) is 4. The van der Waals surface area contributed by atoms with Crippen molar-refractivity contribution in [3.05, 3.63) is 30.1 Å². The first-order valence-electron chi connectivity index (χ1n) is 9.17. The maximum Gasteiger partial charge on any atom is 0.245 e. The average Bonchev–Trinajstić information content (AvgIpc) is 3.39. The molecular weight excluding hydrogens is 357 g/mol. The van der Waals surface area contributed by atoms with E-state index in [4.69, 9.17) is 0 Å². The van der Waals surface area contributed by atoms with Crippen LogP contribution < -0.4 is 10.6 Å². The van der Waals surface area contributed by atoms with Crippen LogP contribution >= 0.6 is 0 Å². The highest BCUT2D eigenvalue weighted by Crippen LogP contribution is 2.31. The zero-order chi connectivity index (χ0) is 18.8. The lowest BCUT2D eigenvalue weighted by Gasteiger charge is -2.41. The summed E-state index contributed by atoms with van der Waals surface area (Å²) in [5, 5.41) is 6.21. The number of sulfonamides is 1. The van der Waals surface area contributed by atoms with E-state index in [0.29, 0.717) is 24.9 Å². The second-order valence-corrected chi connectivity index (χ2v) is 9.27. The van der Waals surface area contributed by atoms with Gasteiger partial charge in [-0.25, -0.2) is 17.1 Å². The number of amides is 1. The fourth-order valence-corrected chi connectivity index (χ4v) is 4.85. The van der Waals surface area contributed by atoms with Gasteiger partial charge < -0.3 is 10.6 Å². The topological polar surface area (TPSA) is 78.5 Å². The van der Waals surface area contributed by atoms with Gasteiger partial charge in [0, 0.05) is 24.8 Å². The van der Waals surface area contributed by atoms with E-state index < -0.39 is 15.6 Å². The van der Waals surface area contributed by atoms with Crippen LogP contribution in [-0.2, 0) is 14.8 Å². The Balaban J connectivity index is 1.77. The van der Waals surface area contributed by atoms with Gasteiger partial charge >= 0.3 is 0 Å². The molecule has 0 unspecified atom stereocenters. The predicted molar refractivity (Wildman–Crippen MR) is 98.8 cm³/mol. The van der Waals surface area contributed by atoms with Crippen LogP contribution in [0.2, 0.25) is 0 Å². The van der Waals surface area contributed by atoms with Gasteiger partial charge in [0.2, 0.25) is 15.9 Å². The Hall–Kier alpha value is -1.67. The van der Waals surface area contributed by atoms with Gasteiger partial charge in [-0.2, -0.15) is 0 Å². The number of carbonyl (C=O) groups is 1. The maximum atomic E-state index is 13.5. The maximum absolute atomic E-state index is 13.5. The van der Waals surface area contributed by atoms with E-state index in [0.717, 1.165) is 12.8 Å². The van der Waals surface area contributed by atoms with E-state index in [1.807, 2.05) is 6.92 Å². The molecule has 0 spiro atoms. The smallest absolute Gasteiger partial charge is 0.245 e. The van der Waals surface area contributed by atoms with E-state index in [1.54, 1.807) is 12.1 Å². The fourth-order valence-electron chi connectivity index (χ4n) is 3.34. The van der Waals surface area contributed by atoms with Gasteiger partial charge in [-0.05, 0) is 50.3 Å². The van der Waals surface area contributed by atoms with Crippen molar-refractivity contribution < 1.29 is 17.6 Å². The van der Waals surface area contributed by atoms with Gasteiger partial charge in [0.25, 0.3) is 0 Å². The van der Waals surface area contributed by atoms with Crippen LogP contribution in [0.3, 0.4) is 0 Å². The summed E-state index contributed by atoms with van der Waals surface area (Å²) in [5.41, 5.74) is -0.393. The van der Waals surface area contributed by atoms with E-state index >= 15 is 0 Å². The molecule has 1 aliphatic carbocycles. The molecule has 1 saturated heterocycles. The molecule has 26 heavy (non-hydrogen) atoms. The summed E-state index contributed by atoms with van der Waals surface area (Å²) in [6.07, 6.45) is 3.21. The molecule has 0 aromatic heterocycles. The third-order valence-corrected chi connectivity index (χ3v) is 7.06. The molecule has 3 rings (SSSR count). The second kappa shape index (κ2) is 7.52. The first kappa shape index (κ1) is 19.1. The van der Waals surface area contributed by atoms with Crippen molar-refractivity contribution in [3.8, 4) is 0 Å². The molecule has 1 amide bonds. The molecule has 1 saturated carbocycles. The van der Waals surface area contributed by atoms with Crippen LogP contribution in [0.1, 0.15) is 39.0 Å². The van der Waals surface area contributed by atoms with Crippen LogP contribution in [0.25, 0.3) is 0 Å². The highest BCUT2D eigenvalue weighted by molar-refractivity contribution is 7.89. The van der Waals surface area contributed by atoms with Crippen molar-refractivity contribution in [2.45, 2.75) is 50.6 Å². The Morgan fingerprint density at radius 2 is 2.00 bits per heavy atom. The number of nitrogens with zero attached hydrogens (tertiary/aromatic N) is 1. The Morgan fingerprint density at radius 1 is 1.31 bits per heavy atom. The summed E-state index contributed by atoms with van der Waals surface area (Å²) in [6.45, 7) is 2.39. The molecule has 144 valence electrons. The Labute approximate surface area is 154 Å². The van der Waals surface area contributed by atoms with Gasteiger partial charge in [-0.1, -0.05) is 13.0 Å². The van der Waals surface area contributed by atoms with Crippen molar-refractivity contribution in [3.63, 3.8) is 0 Å². The minimum Gasteiger partial charge on any atom is -0.371 e. The number of rotatable bonds is 7. The predicted octanol–water partition coefficient (Wildman–Crippen LogP) is 2.09. The molecule has 2 N–H and O–H groups in total. The van der Waals surface area contributed by atoms with Crippen LogP contribution in [0.5, 0.6) is 0 Å². The summed E-state index contributed by atoms with van der Waals surface area (Å²) >= 11 is 0. The lowest BCUT2D eigenvalue weighted by molar-refractivity contribution is -0.126. The molecule has 0 bridgehead atoms. The minimum atomic E-state index is -3.29. The van der Waals surface area contributed by atoms with Crippen molar-refractivity contribution in [2.75, 3.05) is 24.2 Å². The van der Waals surface area contributed by atoms with Crippen LogP contribution in [0.4, 0.5) is 10.1 Å². The van der Waals surface area contributed by atoms with Gasteiger partial charge in [-0.15, -0.1) is 0 Å². The van der Waals surface area contributed by atoms with Crippen LogP contribution in [-0.4, -0.2) is 49.1 Å².